The molecule has 0 spiro atoms. The highest BCUT2D eigenvalue weighted by molar-refractivity contribution is 6.04. The van der Waals surface area contributed by atoms with Crippen molar-refractivity contribution in [1.82, 2.24) is 0 Å². The van der Waals surface area contributed by atoms with Crippen molar-refractivity contribution in [3.8, 4) is 17.2 Å². The van der Waals surface area contributed by atoms with Crippen LogP contribution in [0.15, 0.2) is 42.5 Å². The Labute approximate surface area is 141 Å². The van der Waals surface area contributed by atoms with Gasteiger partial charge in [-0.05, 0) is 42.5 Å². The highest BCUT2D eigenvalue weighted by Gasteiger charge is 2.31. The number of fused-ring (bicyclic) bond motifs is 1. The number of amides is 1. The Kier molecular flexibility index (Phi) is 4.69. The van der Waals surface area contributed by atoms with Crippen molar-refractivity contribution in [2.24, 2.45) is 0 Å². The predicted molar refractivity (Wildman–Crippen MR) is 83.1 cm³/mol. The maximum atomic E-state index is 12.3. The van der Waals surface area contributed by atoms with Crippen LogP contribution in [0.4, 0.5) is 18.9 Å². The smallest absolute Gasteiger partial charge is 0.490 e. The third kappa shape index (κ3) is 4.56. The van der Waals surface area contributed by atoms with Crippen LogP contribution in [0.5, 0.6) is 17.2 Å². The molecule has 132 valence electrons. The van der Waals surface area contributed by atoms with Crippen LogP contribution in [-0.4, -0.2) is 25.5 Å². The van der Waals surface area contributed by atoms with E-state index in [0.29, 0.717) is 36.0 Å². The lowest BCUT2D eigenvalue weighted by molar-refractivity contribution is -0.274. The molecule has 0 bridgehead atoms. The van der Waals surface area contributed by atoms with E-state index in [-0.39, 0.29) is 5.75 Å². The van der Waals surface area contributed by atoms with Crippen molar-refractivity contribution in [3.05, 3.63) is 48.0 Å². The van der Waals surface area contributed by atoms with Crippen LogP contribution >= 0.6 is 0 Å². The number of anilines is 1. The zero-order valence-electron chi connectivity index (χ0n) is 12.9. The minimum Gasteiger partial charge on any atom is -0.490 e. The number of halogens is 3. The zero-order chi connectivity index (χ0) is 17.9. The maximum Gasteiger partial charge on any atom is 0.573 e. The summed E-state index contributed by atoms with van der Waals surface area (Å²) < 4.78 is 51.2. The molecule has 1 N–H and O–H groups in total. The second-order valence-electron chi connectivity index (χ2n) is 5.24. The van der Waals surface area contributed by atoms with Crippen LogP contribution in [-0.2, 0) is 0 Å². The standard InChI is InChI=1S/C17H14F3NO4/c18-17(19,20)25-13-5-3-12(4-6-13)21-16(22)11-2-7-14-15(10-11)24-9-1-8-23-14/h2-7,10H,1,8-9H2,(H,21,22). The molecule has 25 heavy (non-hydrogen) atoms. The summed E-state index contributed by atoms with van der Waals surface area (Å²) in [5.74, 6) is 0.281. The van der Waals surface area contributed by atoms with Crippen LogP contribution in [0.25, 0.3) is 0 Å². The van der Waals surface area contributed by atoms with E-state index in [0.717, 1.165) is 18.6 Å². The summed E-state index contributed by atoms with van der Waals surface area (Å²) in [5.41, 5.74) is 0.687. The normalized spacial score (nSPS) is 13.7. The van der Waals surface area contributed by atoms with Crippen molar-refractivity contribution in [2.45, 2.75) is 12.8 Å². The summed E-state index contributed by atoms with van der Waals surface area (Å²) in [6, 6.07) is 9.69. The molecule has 0 saturated carbocycles. The molecule has 2 aromatic carbocycles. The van der Waals surface area contributed by atoms with E-state index in [4.69, 9.17) is 9.47 Å². The third-order valence-electron chi connectivity index (χ3n) is 3.36. The van der Waals surface area contributed by atoms with Gasteiger partial charge < -0.3 is 19.5 Å². The van der Waals surface area contributed by atoms with Crippen molar-refractivity contribution < 1.29 is 32.2 Å². The molecule has 8 heteroatoms. The Morgan fingerprint density at radius 2 is 1.68 bits per heavy atom. The molecule has 3 rings (SSSR count). The summed E-state index contributed by atoms with van der Waals surface area (Å²) >= 11 is 0. The molecule has 0 atom stereocenters. The highest BCUT2D eigenvalue weighted by Crippen LogP contribution is 2.31. The average Bonchev–Trinajstić information content (AvgIpc) is 2.80. The number of rotatable bonds is 3. The van der Waals surface area contributed by atoms with E-state index in [1.165, 1.54) is 12.1 Å². The van der Waals surface area contributed by atoms with Crippen molar-refractivity contribution in [1.29, 1.82) is 0 Å². The quantitative estimate of drug-likeness (QED) is 0.906. The number of carbonyl (C=O) groups is 1. The van der Waals surface area contributed by atoms with Crippen molar-refractivity contribution in [2.75, 3.05) is 18.5 Å². The summed E-state index contributed by atoms with van der Waals surface area (Å²) in [7, 11) is 0. The lowest BCUT2D eigenvalue weighted by Crippen LogP contribution is -2.17. The minimum atomic E-state index is -4.76. The zero-order valence-corrected chi connectivity index (χ0v) is 12.9. The molecule has 1 amide bonds. The van der Waals surface area contributed by atoms with Gasteiger partial charge in [-0.1, -0.05) is 0 Å². The van der Waals surface area contributed by atoms with Gasteiger partial charge in [0, 0.05) is 17.7 Å². The molecule has 0 unspecified atom stereocenters. The molecule has 0 aromatic heterocycles. The van der Waals surface area contributed by atoms with Crippen molar-refractivity contribution in [3.63, 3.8) is 0 Å². The minimum absolute atomic E-state index is 0.339. The summed E-state index contributed by atoms with van der Waals surface area (Å²) in [6.07, 6.45) is -4.00. The van der Waals surface area contributed by atoms with Gasteiger partial charge in [0.2, 0.25) is 0 Å². The SMILES string of the molecule is O=C(Nc1ccc(OC(F)(F)F)cc1)c1ccc2c(c1)OCCCO2. The topological polar surface area (TPSA) is 56.8 Å². The molecule has 0 fully saturated rings. The Balaban J connectivity index is 1.69. The second-order valence-corrected chi connectivity index (χ2v) is 5.24. The largest absolute Gasteiger partial charge is 0.573 e. The van der Waals surface area contributed by atoms with Crippen LogP contribution in [0.1, 0.15) is 16.8 Å². The van der Waals surface area contributed by atoms with Gasteiger partial charge in [-0.2, -0.15) is 0 Å². The number of alkyl halides is 3. The van der Waals surface area contributed by atoms with Gasteiger partial charge in [-0.3, -0.25) is 4.79 Å². The first-order chi connectivity index (χ1) is 11.9. The predicted octanol–water partition coefficient (Wildman–Crippen LogP) is 4.00. The first kappa shape index (κ1) is 16.9. The van der Waals surface area contributed by atoms with Gasteiger partial charge in [0.1, 0.15) is 5.75 Å². The van der Waals surface area contributed by atoms with Crippen LogP contribution < -0.4 is 19.5 Å². The summed E-state index contributed by atoms with van der Waals surface area (Å²) in [5, 5.41) is 2.60. The Morgan fingerprint density at radius 1 is 1.00 bits per heavy atom. The lowest BCUT2D eigenvalue weighted by Gasteiger charge is -2.11. The number of ether oxygens (including phenoxy) is 3. The van der Waals surface area contributed by atoms with E-state index >= 15 is 0 Å². The molecular formula is C17H14F3NO4. The van der Waals surface area contributed by atoms with E-state index < -0.39 is 12.3 Å². The van der Waals surface area contributed by atoms with E-state index in [1.807, 2.05) is 0 Å². The Hall–Kier alpha value is -2.90. The molecule has 1 aliphatic heterocycles. The fraction of sp³-hybridized carbons (Fsp3) is 0.235. The molecule has 2 aromatic rings. The first-order valence-corrected chi connectivity index (χ1v) is 7.47. The van der Waals surface area contributed by atoms with Crippen LogP contribution in [0, 0.1) is 0 Å². The molecule has 0 saturated heterocycles. The number of hydrogen-bond donors (Lipinski definition) is 1. The first-order valence-electron chi connectivity index (χ1n) is 7.47. The van der Waals surface area contributed by atoms with E-state index in [2.05, 4.69) is 10.1 Å². The summed E-state index contributed by atoms with van der Waals surface area (Å²) in [6.45, 7) is 1.05. The van der Waals surface area contributed by atoms with Gasteiger partial charge in [-0.25, -0.2) is 0 Å². The fourth-order valence-electron chi connectivity index (χ4n) is 2.25. The van der Waals surface area contributed by atoms with Gasteiger partial charge in [0.05, 0.1) is 13.2 Å². The van der Waals surface area contributed by atoms with Gasteiger partial charge in [0.15, 0.2) is 11.5 Å². The average molecular weight is 353 g/mol. The molecule has 0 radical (unpaired) electrons. The van der Waals surface area contributed by atoms with Crippen LogP contribution in [0.3, 0.4) is 0 Å². The van der Waals surface area contributed by atoms with Gasteiger partial charge >= 0.3 is 6.36 Å². The molecular weight excluding hydrogens is 339 g/mol. The molecule has 1 aliphatic rings. The highest BCUT2D eigenvalue weighted by atomic mass is 19.4. The Bertz CT molecular complexity index is 759. The number of nitrogens with one attached hydrogen (secondary N) is 1. The monoisotopic (exact) mass is 353 g/mol. The Morgan fingerprint density at radius 3 is 2.36 bits per heavy atom. The molecule has 5 nitrogen and oxygen atoms in total. The van der Waals surface area contributed by atoms with Crippen LogP contribution in [0.2, 0.25) is 0 Å². The second kappa shape index (κ2) is 6.92. The summed E-state index contributed by atoms with van der Waals surface area (Å²) in [4.78, 5) is 12.3. The number of benzene rings is 2. The van der Waals surface area contributed by atoms with Gasteiger partial charge in [0.25, 0.3) is 5.91 Å². The van der Waals surface area contributed by atoms with Crippen molar-refractivity contribution >= 4 is 11.6 Å². The van der Waals surface area contributed by atoms with E-state index in [1.54, 1.807) is 18.2 Å². The maximum absolute atomic E-state index is 12.3. The fourth-order valence-corrected chi connectivity index (χ4v) is 2.25. The third-order valence-corrected chi connectivity index (χ3v) is 3.36. The molecule has 1 heterocycles. The van der Waals surface area contributed by atoms with E-state index in [9.17, 15) is 18.0 Å². The lowest BCUT2D eigenvalue weighted by atomic mass is 10.2. The van der Waals surface area contributed by atoms with Gasteiger partial charge in [-0.15, -0.1) is 13.2 Å². The number of carbonyl (C=O) groups excluding carboxylic acids is 1. The molecule has 0 aliphatic carbocycles. The number of hydrogen-bond acceptors (Lipinski definition) is 4.